The first kappa shape index (κ1) is 18.3. The molecular formula is C19H28N2O4. The summed E-state index contributed by atoms with van der Waals surface area (Å²) in [5.74, 6) is -0.201. The van der Waals surface area contributed by atoms with Crippen LogP contribution in [-0.2, 0) is 16.0 Å². The number of aliphatic hydroxyl groups excluding tert-OH is 2. The van der Waals surface area contributed by atoms with Crippen LogP contribution in [-0.4, -0.2) is 66.6 Å². The highest BCUT2D eigenvalue weighted by atomic mass is 16.5. The van der Waals surface area contributed by atoms with Crippen molar-refractivity contribution in [2.75, 3.05) is 33.4 Å². The molecule has 1 saturated heterocycles. The Morgan fingerprint density at radius 2 is 2.12 bits per heavy atom. The molecule has 2 aliphatic rings. The molecule has 1 amide bonds. The number of rotatable bonds is 5. The third kappa shape index (κ3) is 4.58. The van der Waals surface area contributed by atoms with Gasteiger partial charge in [-0.1, -0.05) is 24.3 Å². The van der Waals surface area contributed by atoms with Crippen molar-refractivity contribution in [1.82, 2.24) is 10.2 Å². The summed E-state index contributed by atoms with van der Waals surface area (Å²) >= 11 is 0. The number of hydrogen-bond acceptors (Lipinski definition) is 5. The quantitative estimate of drug-likeness (QED) is 0.721. The summed E-state index contributed by atoms with van der Waals surface area (Å²) in [4.78, 5) is 14.3. The number of ether oxygens (including phenoxy) is 1. The van der Waals surface area contributed by atoms with Crippen LogP contribution in [0.1, 0.15) is 30.0 Å². The van der Waals surface area contributed by atoms with Gasteiger partial charge in [-0.05, 0) is 37.4 Å². The van der Waals surface area contributed by atoms with Gasteiger partial charge < -0.3 is 20.3 Å². The smallest absolute Gasteiger partial charge is 0.234 e. The van der Waals surface area contributed by atoms with E-state index in [4.69, 9.17) is 4.74 Å². The van der Waals surface area contributed by atoms with E-state index in [1.54, 1.807) is 0 Å². The van der Waals surface area contributed by atoms with Crippen molar-refractivity contribution in [2.45, 2.75) is 37.5 Å². The molecule has 1 heterocycles. The number of aryl methyl sites for hydroxylation is 1. The molecule has 3 rings (SSSR count). The summed E-state index contributed by atoms with van der Waals surface area (Å²) in [6.07, 6.45) is 1.48. The minimum atomic E-state index is -0.847. The Morgan fingerprint density at radius 3 is 2.96 bits per heavy atom. The van der Waals surface area contributed by atoms with E-state index < -0.39 is 12.2 Å². The van der Waals surface area contributed by atoms with E-state index in [1.807, 2.05) is 24.1 Å². The highest BCUT2D eigenvalue weighted by Crippen LogP contribution is 2.29. The fourth-order valence-corrected chi connectivity index (χ4v) is 3.87. The maximum absolute atomic E-state index is 12.4. The molecular weight excluding hydrogens is 320 g/mol. The van der Waals surface area contributed by atoms with Gasteiger partial charge in [0.25, 0.3) is 0 Å². The molecule has 1 aliphatic carbocycles. The number of carbonyl (C=O) groups excluding carboxylic acids is 1. The Bertz CT molecular complexity index is 595. The Morgan fingerprint density at radius 1 is 1.32 bits per heavy atom. The van der Waals surface area contributed by atoms with Crippen molar-refractivity contribution >= 4 is 5.91 Å². The molecule has 0 spiro atoms. The largest absolute Gasteiger partial charge is 0.390 e. The van der Waals surface area contributed by atoms with Gasteiger partial charge in [-0.15, -0.1) is 0 Å². The van der Waals surface area contributed by atoms with Crippen LogP contribution in [0, 0.1) is 5.92 Å². The van der Waals surface area contributed by atoms with Crippen LogP contribution < -0.4 is 5.32 Å². The Balaban J connectivity index is 1.51. The minimum absolute atomic E-state index is 0.0176. The summed E-state index contributed by atoms with van der Waals surface area (Å²) in [6, 6.07) is 8.38. The highest BCUT2D eigenvalue weighted by Gasteiger charge is 2.32. The van der Waals surface area contributed by atoms with Crippen LogP contribution >= 0.6 is 0 Å². The summed E-state index contributed by atoms with van der Waals surface area (Å²) in [5, 5.41) is 22.9. The molecule has 1 aromatic carbocycles. The maximum atomic E-state index is 12.4. The average Bonchev–Trinajstić information content (AvgIpc) is 2.59. The first-order valence-electron chi connectivity index (χ1n) is 9.04. The average molecular weight is 348 g/mol. The van der Waals surface area contributed by atoms with Gasteiger partial charge in [0.2, 0.25) is 5.91 Å². The van der Waals surface area contributed by atoms with E-state index in [-0.39, 0.29) is 31.0 Å². The second kappa shape index (κ2) is 8.27. The van der Waals surface area contributed by atoms with Crippen molar-refractivity contribution in [3.63, 3.8) is 0 Å². The summed E-state index contributed by atoms with van der Waals surface area (Å²) in [5.41, 5.74) is 2.55. The lowest BCUT2D eigenvalue weighted by Gasteiger charge is -2.34. The van der Waals surface area contributed by atoms with Gasteiger partial charge in [0.1, 0.15) is 6.10 Å². The predicted molar refractivity (Wildman–Crippen MR) is 94.1 cm³/mol. The number of aliphatic hydroxyl groups is 2. The molecule has 6 heteroatoms. The number of hydrogen-bond donors (Lipinski definition) is 3. The molecule has 0 aromatic heterocycles. The monoisotopic (exact) mass is 348 g/mol. The van der Waals surface area contributed by atoms with Gasteiger partial charge in [-0.3, -0.25) is 9.69 Å². The van der Waals surface area contributed by atoms with Gasteiger partial charge in [0, 0.05) is 12.5 Å². The van der Waals surface area contributed by atoms with Crippen LogP contribution in [0.3, 0.4) is 0 Å². The van der Waals surface area contributed by atoms with E-state index in [9.17, 15) is 15.0 Å². The zero-order valence-corrected chi connectivity index (χ0v) is 14.7. The molecule has 0 saturated carbocycles. The van der Waals surface area contributed by atoms with Gasteiger partial charge in [0.15, 0.2) is 0 Å². The van der Waals surface area contributed by atoms with Crippen molar-refractivity contribution in [2.24, 2.45) is 5.92 Å². The number of carbonyl (C=O) groups is 1. The van der Waals surface area contributed by atoms with Crippen molar-refractivity contribution in [3.05, 3.63) is 35.4 Å². The molecule has 3 N–H and O–H groups in total. The first-order valence-corrected chi connectivity index (χ1v) is 9.04. The molecule has 1 aliphatic heterocycles. The van der Waals surface area contributed by atoms with Gasteiger partial charge >= 0.3 is 0 Å². The third-order valence-electron chi connectivity index (χ3n) is 5.16. The van der Waals surface area contributed by atoms with E-state index in [2.05, 4.69) is 17.4 Å². The Kier molecular flexibility index (Phi) is 6.06. The van der Waals surface area contributed by atoms with Crippen molar-refractivity contribution in [3.8, 4) is 0 Å². The molecule has 4 atom stereocenters. The van der Waals surface area contributed by atoms with Crippen molar-refractivity contribution < 1.29 is 19.7 Å². The molecule has 0 bridgehead atoms. The van der Waals surface area contributed by atoms with Crippen LogP contribution in [0.5, 0.6) is 0 Å². The normalized spacial score (nSPS) is 29.3. The maximum Gasteiger partial charge on any atom is 0.234 e. The second-order valence-electron chi connectivity index (χ2n) is 7.26. The van der Waals surface area contributed by atoms with Gasteiger partial charge in [0.05, 0.1) is 31.9 Å². The number of fused-ring (bicyclic) bond motifs is 1. The molecule has 0 radical (unpaired) electrons. The standard InChI is InChI=1S/C19H28N2O4/c1-21(9-14-11-25-12-17(22)19(14)24)10-18(23)20-16-8-4-6-13-5-2-3-7-15(13)16/h2-3,5,7,14,16-17,19,22,24H,4,6,8-12H2,1H3,(H,20,23)/t14-,16-,17-,19+/m1/s1. The van der Waals surface area contributed by atoms with Crippen molar-refractivity contribution in [1.29, 1.82) is 0 Å². The molecule has 138 valence electrons. The summed E-state index contributed by atoms with van der Waals surface area (Å²) in [7, 11) is 1.85. The van der Waals surface area contributed by atoms with E-state index in [1.165, 1.54) is 11.1 Å². The number of amides is 1. The molecule has 6 nitrogen and oxygen atoms in total. The van der Waals surface area contributed by atoms with Crippen LogP contribution in [0.25, 0.3) is 0 Å². The number of nitrogens with one attached hydrogen (secondary N) is 1. The first-order chi connectivity index (χ1) is 12.0. The fourth-order valence-electron chi connectivity index (χ4n) is 3.87. The van der Waals surface area contributed by atoms with Gasteiger partial charge in [-0.2, -0.15) is 0 Å². The zero-order valence-electron chi connectivity index (χ0n) is 14.7. The Labute approximate surface area is 148 Å². The lowest BCUT2D eigenvalue weighted by Crippen LogP contribution is -2.49. The summed E-state index contributed by atoms with van der Waals surface area (Å²) < 4.78 is 5.29. The molecule has 1 aromatic rings. The predicted octanol–water partition coefficient (Wildman–Crippen LogP) is 0.480. The van der Waals surface area contributed by atoms with Gasteiger partial charge in [-0.25, -0.2) is 0 Å². The highest BCUT2D eigenvalue weighted by molar-refractivity contribution is 5.78. The molecule has 25 heavy (non-hydrogen) atoms. The topological polar surface area (TPSA) is 82.0 Å². The fraction of sp³-hybridized carbons (Fsp3) is 0.632. The SMILES string of the molecule is CN(CC(=O)N[C@@H]1CCCc2ccccc21)C[C@@H]1COC[C@@H](O)[C@H]1O. The molecule has 1 fully saturated rings. The van der Waals surface area contributed by atoms with E-state index in [0.29, 0.717) is 13.2 Å². The van der Waals surface area contributed by atoms with Crippen LogP contribution in [0.2, 0.25) is 0 Å². The lowest BCUT2D eigenvalue weighted by atomic mass is 9.88. The Hall–Kier alpha value is -1.47. The third-order valence-corrected chi connectivity index (χ3v) is 5.16. The lowest BCUT2D eigenvalue weighted by molar-refractivity contribution is -0.130. The van der Waals surface area contributed by atoms with Crippen LogP contribution in [0.15, 0.2) is 24.3 Å². The number of benzene rings is 1. The molecule has 0 unspecified atom stereocenters. The second-order valence-corrected chi connectivity index (χ2v) is 7.26. The summed E-state index contributed by atoms with van der Waals surface area (Å²) in [6.45, 7) is 1.34. The minimum Gasteiger partial charge on any atom is -0.390 e. The van der Waals surface area contributed by atoms with E-state index in [0.717, 1.165) is 19.3 Å². The number of likely N-dealkylation sites (N-methyl/N-ethyl adjacent to an activating group) is 1. The van der Waals surface area contributed by atoms with E-state index >= 15 is 0 Å². The van der Waals surface area contributed by atoms with Crippen LogP contribution in [0.4, 0.5) is 0 Å². The zero-order chi connectivity index (χ0) is 17.8. The number of nitrogens with zero attached hydrogens (tertiary/aromatic N) is 1.